The Morgan fingerprint density at radius 1 is 1.47 bits per heavy atom. The summed E-state index contributed by atoms with van der Waals surface area (Å²) in [7, 11) is 0. The zero-order valence-corrected chi connectivity index (χ0v) is 12.0. The number of benzene rings is 1. The van der Waals surface area contributed by atoms with Crippen molar-refractivity contribution in [3.8, 4) is 0 Å². The second-order valence-electron chi connectivity index (χ2n) is 4.83. The quantitative estimate of drug-likeness (QED) is 0.821. The smallest absolute Gasteiger partial charge is 0.250 e. The van der Waals surface area contributed by atoms with Crippen LogP contribution in [0.4, 0.5) is 5.69 Å². The first kappa shape index (κ1) is 13.9. The van der Waals surface area contributed by atoms with E-state index in [0.717, 1.165) is 12.1 Å². The third-order valence-corrected chi connectivity index (χ3v) is 3.67. The summed E-state index contributed by atoms with van der Waals surface area (Å²) in [5.41, 5.74) is 2.11. The summed E-state index contributed by atoms with van der Waals surface area (Å²) in [5.74, 6) is -0.0146. The van der Waals surface area contributed by atoms with Crippen molar-refractivity contribution in [2.75, 3.05) is 10.7 Å². The Morgan fingerprint density at radius 3 is 2.79 bits per heavy atom. The Bertz CT molecular complexity index is 504. The predicted molar refractivity (Wildman–Crippen MR) is 78.6 cm³/mol. The van der Waals surface area contributed by atoms with Crippen molar-refractivity contribution in [3.05, 3.63) is 29.8 Å². The van der Waals surface area contributed by atoms with Crippen LogP contribution in [0, 0.1) is 0 Å². The van der Waals surface area contributed by atoms with Crippen molar-refractivity contribution in [2.24, 2.45) is 0 Å². The van der Waals surface area contributed by atoms with E-state index >= 15 is 0 Å². The highest BCUT2D eigenvalue weighted by Crippen LogP contribution is 2.32. The van der Waals surface area contributed by atoms with Gasteiger partial charge in [0.25, 0.3) is 5.91 Å². The molecule has 102 valence electrons. The monoisotopic (exact) mass is 278 g/mol. The maximum atomic E-state index is 12.5. The van der Waals surface area contributed by atoms with Gasteiger partial charge in [-0.3, -0.25) is 9.59 Å². The largest absolute Gasteiger partial charge is 0.344 e. The molecule has 0 aromatic heterocycles. The van der Waals surface area contributed by atoms with E-state index in [4.69, 9.17) is 0 Å². The van der Waals surface area contributed by atoms with E-state index in [-0.39, 0.29) is 17.9 Å². The molecule has 2 atom stereocenters. The number of nitrogens with zero attached hydrogens (tertiary/aromatic N) is 1. The number of fused-ring (bicyclic) bond motifs is 1. The van der Waals surface area contributed by atoms with Crippen molar-refractivity contribution in [3.63, 3.8) is 0 Å². The molecule has 1 heterocycles. The lowest BCUT2D eigenvalue weighted by Gasteiger charge is -2.27. The zero-order valence-electron chi connectivity index (χ0n) is 11.1. The Balaban J connectivity index is 2.25. The van der Waals surface area contributed by atoms with Gasteiger partial charge >= 0.3 is 0 Å². The summed E-state index contributed by atoms with van der Waals surface area (Å²) >= 11 is 4.16. The van der Waals surface area contributed by atoms with Gasteiger partial charge < -0.3 is 10.2 Å². The molecule has 1 aliphatic rings. The van der Waals surface area contributed by atoms with Crippen LogP contribution in [0.5, 0.6) is 0 Å². The van der Waals surface area contributed by atoms with Gasteiger partial charge in [0, 0.05) is 24.4 Å². The molecule has 1 aliphatic heterocycles. The third-order valence-electron chi connectivity index (χ3n) is 3.30. The molecule has 1 aromatic rings. The van der Waals surface area contributed by atoms with Crippen molar-refractivity contribution in [1.82, 2.24) is 5.32 Å². The molecule has 5 heteroatoms. The first-order valence-electron chi connectivity index (χ1n) is 6.33. The molecule has 1 N–H and O–H groups in total. The van der Waals surface area contributed by atoms with Crippen molar-refractivity contribution in [2.45, 2.75) is 32.4 Å². The number of anilines is 1. The molecule has 0 aliphatic carbocycles. The van der Waals surface area contributed by atoms with Crippen LogP contribution < -0.4 is 10.2 Å². The summed E-state index contributed by atoms with van der Waals surface area (Å²) in [6, 6.07) is 7.41. The minimum Gasteiger partial charge on any atom is -0.344 e. The van der Waals surface area contributed by atoms with Gasteiger partial charge in [-0.05, 0) is 25.0 Å². The minimum absolute atomic E-state index is 0.0948. The average Bonchev–Trinajstić information content (AvgIpc) is 2.70. The molecule has 2 amide bonds. The van der Waals surface area contributed by atoms with Crippen LogP contribution in [0.25, 0.3) is 0 Å². The van der Waals surface area contributed by atoms with Gasteiger partial charge in [0.1, 0.15) is 6.04 Å². The SMILES string of the molecule is CC(=O)NC(CS)C(=O)N1c2ccccc2CC1C. The lowest BCUT2D eigenvalue weighted by molar-refractivity contribution is -0.126. The second kappa shape index (κ2) is 5.65. The van der Waals surface area contributed by atoms with Crippen molar-refractivity contribution in [1.29, 1.82) is 0 Å². The van der Waals surface area contributed by atoms with E-state index in [2.05, 4.69) is 17.9 Å². The number of carbonyl (C=O) groups is 2. The van der Waals surface area contributed by atoms with Crippen LogP contribution in [0.1, 0.15) is 19.4 Å². The Hall–Kier alpha value is -1.49. The molecule has 19 heavy (non-hydrogen) atoms. The van der Waals surface area contributed by atoms with Crippen LogP contribution in [-0.4, -0.2) is 29.7 Å². The number of hydrogen-bond donors (Lipinski definition) is 2. The first-order valence-corrected chi connectivity index (χ1v) is 6.96. The fraction of sp³-hybridized carbons (Fsp3) is 0.429. The van der Waals surface area contributed by atoms with Gasteiger partial charge in [0.2, 0.25) is 5.91 Å². The highest BCUT2D eigenvalue weighted by molar-refractivity contribution is 7.80. The van der Waals surface area contributed by atoms with Crippen molar-refractivity contribution >= 4 is 30.1 Å². The number of nitrogens with one attached hydrogen (secondary N) is 1. The van der Waals surface area contributed by atoms with Crippen LogP contribution in [0.2, 0.25) is 0 Å². The maximum absolute atomic E-state index is 12.5. The lowest BCUT2D eigenvalue weighted by atomic mass is 10.1. The lowest BCUT2D eigenvalue weighted by Crippen LogP contribution is -2.51. The Labute approximate surface area is 118 Å². The molecule has 0 saturated carbocycles. The summed E-state index contributed by atoms with van der Waals surface area (Å²) in [5, 5.41) is 2.65. The normalized spacial score (nSPS) is 18.9. The predicted octanol–water partition coefficient (Wildman–Crippen LogP) is 1.40. The zero-order chi connectivity index (χ0) is 14.0. The van der Waals surface area contributed by atoms with Gasteiger partial charge in [-0.2, -0.15) is 12.6 Å². The fourth-order valence-electron chi connectivity index (χ4n) is 2.50. The van der Waals surface area contributed by atoms with Gasteiger partial charge in [-0.25, -0.2) is 0 Å². The molecule has 4 nitrogen and oxygen atoms in total. The third kappa shape index (κ3) is 2.76. The van der Waals surface area contributed by atoms with E-state index in [1.807, 2.05) is 31.2 Å². The van der Waals surface area contributed by atoms with Gasteiger partial charge in [-0.1, -0.05) is 18.2 Å². The molecule has 0 fully saturated rings. The van der Waals surface area contributed by atoms with Gasteiger partial charge in [0.15, 0.2) is 0 Å². The molecular formula is C14H18N2O2S. The highest BCUT2D eigenvalue weighted by Gasteiger charge is 2.34. The summed E-state index contributed by atoms with van der Waals surface area (Å²) < 4.78 is 0. The minimum atomic E-state index is -0.575. The van der Waals surface area contributed by atoms with E-state index in [1.54, 1.807) is 4.90 Å². The van der Waals surface area contributed by atoms with Gasteiger partial charge in [-0.15, -0.1) is 0 Å². The molecule has 0 saturated heterocycles. The molecule has 0 bridgehead atoms. The Kier molecular flexibility index (Phi) is 4.14. The van der Waals surface area contributed by atoms with E-state index in [0.29, 0.717) is 5.75 Å². The standard InChI is InChI=1S/C14H18N2O2S/c1-9-7-11-5-3-4-6-13(11)16(9)14(18)12(8-19)15-10(2)17/h3-6,9,12,19H,7-8H2,1-2H3,(H,15,17). The van der Waals surface area contributed by atoms with Crippen LogP contribution in [0.3, 0.4) is 0 Å². The van der Waals surface area contributed by atoms with Crippen molar-refractivity contribution < 1.29 is 9.59 Å². The average molecular weight is 278 g/mol. The number of thiol groups is 1. The molecule has 2 rings (SSSR count). The summed E-state index contributed by atoms with van der Waals surface area (Å²) in [4.78, 5) is 25.5. The fourth-order valence-corrected chi connectivity index (χ4v) is 2.75. The summed E-state index contributed by atoms with van der Waals surface area (Å²) in [6.45, 7) is 3.42. The van der Waals surface area contributed by atoms with Crippen LogP contribution in [-0.2, 0) is 16.0 Å². The van der Waals surface area contributed by atoms with Gasteiger partial charge in [0.05, 0.1) is 0 Å². The second-order valence-corrected chi connectivity index (χ2v) is 5.19. The van der Waals surface area contributed by atoms with Crippen LogP contribution in [0.15, 0.2) is 24.3 Å². The molecule has 1 aromatic carbocycles. The topological polar surface area (TPSA) is 49.4 Å². The van der Waals surface area contributed by atoms with E-state index in [1.165, 1.54) is 12.5 Å². The number of carbonyl (C=O) groups excluding carboxylic acids is 2. The van der Waals surface area contributed by atoms with E-state index < -0.39 is 6.04 Å². The highest BCUT2D eigenvalue weighted by atomic mass is 32.1. The van der Waals surface area contributed by atoms with Crippen LogP contribution >= 0.6 is 12.6 Å². The van der Waals surface area contributed by atoms with E-state index in [9.17, 15) is 9.59 Å². The Morgan fingerprint density at radius 2 is 2.16 bits per heavy atom. The number of rotatable bonds is 3. The number of para-hydroxylation sites is 1. The summed E-state index contributed by atoms with van der Waals surface area (Å²) in [6.07, 6.45) is 0.848. The molecule has 0 radical (unpaired) electrons. The first-order chi connectivity index (χ1) is 9.04. The maximum Gasteiger partial charge on any atom is 0.250 e. The number of amides is 2. The molecule has 0 spiro atoms. The number of hydrogen-bond acceptors (Lipinski definition) is 3. The molecular weight excluding hydrogens is 260 g/mol. The molecule has 2 unspecified atom stereocenters.